The number of hydrogen-bond acceptors (Lipinski definition) is 3. The van der Waals surface area contributed by atoms with Crippen LogP contribution in [0.3, 0.4) is 0 Å². The maximum atomic E-state index is 14.3. The molecule has 2 rings (SSSR count). The van der Waals surface area contributed by atoms with Gasteiger partial charge in [0.1, 0.15) is 5.82 Å². The summed E-state index contributed by atoms with van der Waals surface area (Å²) in [6.45, 7) is 3.24. The number of nitrogens with zero attached hydrogens (tertiary/aromatic N) is 4. The van der Waals surface area contributed by atoms with Gasteiger partial charge < -0.3 is 19.4 Å². The van der Waals surface area contributed by atoms with Gasteiger partial charge in [-0.05, 0) is 17.7 Å². The Labute approximate surface area is 132 Å². The molecule has 0 amide bonds. The van der Waals surface area contributed by atoms with Crippen LogP contribution in [0.1, 0.15) is 5.56 Å². The first-order valence-electron chi connectivity index (χ1n) is 7.49. The Kier molecular flexibility index (Phi) is 5.60. The van der Waals surface area contributed by atoms with Crippen LogP contribution in [0.25, 0.3) is 0 Å². The molecule has 0 atom stereocenters. The number of ether oxygens (including phenoxy) is 1. The molecule has 6 heteroatoms. The fourth-order valence-electron chi connectivity index (χ4n) is 2.55. The van der Waals surface area contributed by atoms with Crippen molar-refractivity contribution in [3.63, 3.8) is 0 Å². The number of rotatable bonds is 3. The molecule has 0 bridgehead atoms. The van der Waals surface area contributed by atoms with Crippen molar-refractivity contribution in [2.75, 3.05) is 59.4 Å². The second kappa shape index (κ2) is 7.45. The quantitative estimate of drug-likeness (QED) is 0.627. The Morgan fingerprint density at radius 2 is 1.82 bits per heavy atom. The normalized spacial score (nSPS) is 14.7. The molecule has 0 spiro atoms. The lowest BCUT2D eigenvalue weighted by molar-refractivity contribution is 0.122. The maximum Gasteiger partial charge on any atom is 0.195 e. The molecule has 1 fully saturated rings. The van der Waals surface area contributed by atoms with Gasteiger partial charge in [-0.1, -0.05) is 6.07 Å². The molecule has 1 aliphatic heterocycles. The Balaban J connectivity index is 2.10. The van der Waals surface area contributed by atoms with Crippen molar-refractivity contribution in [3.05, 3.63) is 29.6 Å². The first kappa shape index (κ1) is 16.5. The zero-order valence-corrected chi connectivity index (χ0v) is 13.8. The number of halogens is 1. The number of hydrogen-bond donors (Lipinski definition) is 0. The number of anilines is 1. The van der Waals surface area contributed by atoms with E-state index >= 15 is 0 Å². The summed E-state index contributed by atoms with van der Waals surface area (Å²) in [7, 11) is 7.78. The van der Waals surface area contributed by atoms with Crippen LogP contribution in [0.15, 0.2) is 23.2 Å². The Morgan fingerprint density at radius 1 is 1.18 bits per heavy atom. The molecule has 0 radical (unpaired) electrons. The lowest BCUT2D eigenvalue weighted by Crippen LogP contribution is -2.36. The van der Waals surface area contributed by atoms with Crippen molar-refractivity contribution in [3.8, 4) is 0 Å². The molecule has 1 heterocycles. The van der Waals surface area contributed by atoms with Gasteiger partial charge in [-0.3, -0.25) is 0 Å². The monoisotopic (exact) mass is 308 g/mol. The SMILES string of the molecule is CN(C)C(=NCc1ccc(N2CCOCC2)c(F)c1)N(C)C. The van der Waals surface area contributed by atoms with Gasteiger partial charge in [0, 0.05) is 41.3 Å². The molecule has 1 aliphatic rings. The summed E-state index contributed by atoms with van der Waals surface area (Å²) >= 11 is 0. The van der Waals surface area contributed by atoms with Crippen LogP contribution in [-0.2, 0) is 11.3 Å². The number of aliphatic imine (C=N–C) groups is 1. The van der Waals surface area contributed by atoms with Gasteiger partial charge in [0.25, 0.3) is 0 Å². The van der Waals surface area contributed by atoms with E-state index in [0.29, 0.717) is 25.4 Å². The number of morpholine rings is 1. The van der Waals surface area contributed by atoms with E-state index in [4.69, 9.17) is 4.74 Å². The molecular formula is C16H25FN4O. The Hall–Kier alpha value is -1.82. The first-order valence-corrected chi connectivity index (χ1v) is 7.49. The molecule has 0 aliphatic carbocycles. The van der Waals surface area contributed by atoms with Crippen LogP contribution in [0.5, 0.6) is 0 Å². The molecule has 1 aromatic rings. The van der Waals surface area contributed by atoms with E-state index in [1.54, 1.807) is 6.07 Å². The second-order valence-electron chi connectivity index (χ2n) is 5.79. The molecule has 0 saturated carbocycles. The molecule has 1 aromatic carbocycles. The zero-order chi connectivity index (χ0) is 16.1. The van der Waals surface area contributed by atoms with E-state index in [9.17, 15) is 4.39 Å². The lowest BCUT2D eigenvalue weighted by atomic mass is 10.1. The van der Waals surface area contributed by atoms with Crippen molar-refractivity contribution >= 4 is 11.6 Å². The summed E-state index contributed by atoms with van der Waals surface area (Å²) < 4.78 is 19.6. The third-order valence-electron chi connectivity index (χ3n) is 3.57. The predicted molar refractivity (Wildman–Crippen MR) is 87.9 cm³/mol. The van der Waals surface area contributed by atoms with Gasteiger partial charge in [0.05, 0.1) is 25.4 Å². The molecule has 122 valence electrons. The third kappa shape index (κ3) is 4.10. The third-order valence-corrected chi connectivity index (χ3v) is 3.57. The van der Waals surface area contributed by atoms with Crippen molar-refractivity contribution in [2.45, 2.75) is 6.54 Å². The van der Waals surface area contributed by atoms with Gasteiger partial charge in [-0.25, -0.2) is 9.38 Å². The van der Waals surface area contributed by atoms with Crippen molar-refractivity contribution in [2.24, 2.45) is 4.99 Å². The molecule has 0 N–H and O–H groups in total. The van der Waals surface area contributed by atoms with Gasteiger partial charge in [-0.2, -0.15) is 0 Å². The fraction of sp³-hybridized carbons (Fsp3) is 0.562. The number of benzene rings is 1. The van der Waals surface area contributed by atoms with Crippen LogP contribution >= 0.6 is 0 Å². The van der Waals surface area contributed by atoms with Gasteiger partial charge in [0.2, 0.25) is 0 Å². The fourth-order valence-corrected chi connectivity index (χ4v) is 2.55. The molecule has 1 saturated heterocycles. The minimum atomic E-state index is -0.189. The van der Waals surface area contributed by atoms with Crippen LogP contribution in [-0.4, -0.2) is 70.3 Å². The summed E-state index contributed by atoms with van der Waals surface area (Å²) in [5.41, 5.74) is 1.52. The highest BCUT2D eigenvalue weighted by atomic mass is 19.1. The highest BCUT2D eigenvalue weighted by molar-refractivity contribution is 5.79. The largest absolute Gasteiger partial charge is 0.378 e. The van der Waals surface area contributed by atoms with Crippen LogP contribution in [0, 0.1) is 5.82 Å². The average molecular weight is 308 g/mol. The van der Waals surface area contributed by atoms with E-state index in [-0.39, 0.29) is 5.82 Å². The van der Waals surface area contributed by atoms with Gasteiger partial charge in [0.15, 0.2) is 5.96 Å². The number of guanidine groups is 1. The summed E-state index contributed by atoms with van der Waals surface area (Å²) in [6.07, 6.45) is 0. The molecular weight excluding hydrogens is 283 g/mol. The summed E-state index contributed by atoms with van der Waals surface area (Å²) in [5, 5.41) is 0. The lowest BCUT2D eigenvalue weighted by Gasteiger charge is -2.29. The molecule has 5 nitrogen and oxygen atoms in total. The highest BCUT2D eigenvalue weighted by Crippen LogP contribution is 2.22. The summed E-state index contributed by atoms with van der Waals surface area (Å²) in [6, 6.07) is 5.37. The van der Waals surface area contributed by atoms with Crippen molar-refractivity contribution in [1.29, 1.82) is 0 Å². The first-order chi connectivity index (χ1) is 10.5. The highest BCUT2D eigenvalue weighted by Gasteiger charge is 2.15. The van der Waals surface area contributed by atoms with Crippen LogP contribution in [0.2, 0.25) is 0 Å². The Bertz CT molecular complexity index is 515. The van der Waals surface area contributed by atoms with Gasteiger partial charge in [-0.15, -0.1) is 0 Å². The topological polar surface area (TPSA) is 31.3 Å². The average Bonchev–Trinajstić information content (AvgIpc) is 2.47. The molecule has 22 heavy (non-hydrogen) atoms. The minimum Gasteiger partial charge on any atom is -0.378 e. The van der Waals surface area contributed by atoms with E-state index in [0.717, 1.165) is 24.6 Å². The molecule has 0 aromatic heterocycles. The van der Waals surface area contributed by atoms with E-state index in [2.05, 4.69) is 4.99 Å². The smallest absolute Gasteiger partial charge is 0.195 e. The van der Waals surface area contributed by atoms with E-state index in [1.807, 2.05) is 55.0 Å². The van der Waals surface area contributed by atoms with Gasteiger partial charge >= 0.3 is 0 Å². The van der Waals surface area contributed by atoms with E-state index < -0.39 is 0 Å². The standard InChI is InChI=1S/C16H25FN4O/c1-19(2)16(20(3)4)18-12-13-5-6-15(14(17)11-13)21-7-9-22-10-8-21/h5-6,11H,7-10,12H2,1-4H3. The molecule has 0 unspecified atom stereocenters. The van der Waals surface area contributed by atoms with Crippen LogP contribution in [0.4, 0.5) is 10.1 Å². The Morgan fingerprint density at radius 3 is 2.36 bits per heavy atom. The maximum absolute atomic E-state index is 14.3. The zero-order valence-electron chi connectivity index (χ0n) is 13.8. The van der Waals surface area contributed by atoms with Crippen molar-refractivity contribution in [1.82, 2.24) is 9.80 Å². The predicted octanol–water partition coefficient (Wildman–Crippen LogP) is 1.64. The van der Waals surface area contributed by atoms with Crippen LogP contribution < -0.4 is 4.90 Å². The van der Waals surface area contributed by atoms with E-state index in [1.165, 1.54) is 0 Å². The summed E-state index contributed by atoms with van der Waals surface area (Å²) in [4.78, 5) is 10.5. The summed E-state index contributed by atoms with van der Waals surface area (Å²) in [5.74, 6) is 0.670. The van der Waals surface area contributed by atoms with Crippen molar-refractivity contribution < 1.29 is 9.13 Å². The minimum absolute atomic E-state index is 0.189. The second-order valence-corrected chi connectivity index (χ2v) is 5.79.